The van der Waals surface area contributed by atoms with Gasteiger partial charge in [-0.25, -0.2) is 9.97 Å². The zero-order chi connectivity index (χ0) is 23.2. The average Bonchev–Trinajstić information content (AvgIpc) is 3.37. The van der Waals surface area contributed by atoms with Crippen LogP contribution >= 0.6 is 0 Å². The van der Waals surface area contributed by atoms with Crippen LogP contribution in [0.4, 0.5) is 0 Å². The summed E-state index contributed by atoms with van der Waals surface area (Å²) in [4.78, 5) is 22.6. The van der Waals surface area contributed by atoms with Gasteiger partial charge in [-0.2, -0.15) is 0 Å². The van der Waals surface area contributed by atoms with Crippen LogP contribution in [-0.4, -0.2) is 38.1 Å². The molecule has 4 aromatic rings. The van der Waals surface area contributed by atoms with Gasteiger partial charge in [0.2, 0.25) is 0 Å². The van der Waals surface area contributed by atoms with Crippen LogP contribution in [0.5, 0.6) is 5.75 Å². The van der Waals surface area contributed by atoms with Gasteiger partial charge in [-0.05, 0) is 38.3 Å². The van der Waals surface area contributed by atoms with E-state index in [1.807, 2.05) is 31.3 Å². The van der Waals surface area contributed by atoms with E-state index in [-0.39, 0.29) is 5.97 Å². The van der Waals surface area contributed by atoms with Crippen molar-refractivity contribution in [2.24, 2.45) is 0 Å². The number of para-hydroxylation sites is 2. The van der Waals surface area contributed by atoms with Gasteiger partial charge < -0.3 is 14.0 Å². The van der Waals surface area contributed by atoms with Crippen molar-refractivity contribution in [2.75, 3.05) is 13.2 Å². The van der Waals surface area contributed by atoms with Crippen LogP contribution in [0.25, 0.3) is 27.7 Å². The van der Waals surface area contributed by atoms with Crippen LogP contribution in [0, 0.1) is 0 Å². The molecule has 0 bridgehead atoms. The number of imidazole rings is 1. The number of aromatic nitrogens is 4. The molecule has 0 fully saturated rings. The second kappa shape index (κ2) is 10.8. The van der Waals surface area contributed by atoms with Gasteiger partial charge in [-0.3, -0.25) is 9.20 Å². The number of hydrogen-bond acceptors (Lipinski definition) is 5. The van der Waals surface area contributed by atoms with E-state index in [0.29, 0.717) is 25.4 Å². The number of carbonyl (C=O) groups is 1. The molecule has 7 heteroatoms. The summed E-state index contributed by atoms with van der Waals surface area (Å²) in [6, 6.07) is 8.11. The third-order valence-corrected chi connectivity index (χ3v) is 5.90. The molecule has 0 spiro atoms. The first-order valence-electron chi connectivity index (χ1n) is 12.2. The molecule has 0 amide bonds. The van der Waals surface area contributed by atoms with E-state index in [9.17, 15) is 4.79 Å². The normalized spacial score (nSPS) is 11.7. The lowest BCUT2D eigenvalue weighted by molar-refractivity contribution is -0.134. The Morgan fingerprint density at radius 3 is 2.61 bits per heavy atom. The molecule has 0 saturated carbocycles. The van der Waals surface area contributed by atoms with E-state index in [2.05, 4.69) is 28.9 Å². The van der Waals surface area contributed by atoms with Crippen molar-refractivity contribution < 1.29 is 14.3 Å². The van der Waals surface area contributed by atoms with Gasteiger partial charge in [0.05, 0.1) is 11.0 Å². The molecule has 0 aliphatic carbocycles. The maximum Gasteiger partial charge on any atom is 0.311 e. The third kappa shape index (κ3) is 4.88. The van der Waals surface area contributed by atoms with Crippen LogP contribution in [0.3, 0.4) is 0 Å². The van der Waals surface area contributed by atoms with Crippen molar-refractivity contribution >= 4 is 33.7 Å². The van der Waals surface area contributed by atoms with Crippen molar-refractivity contribution in [3.63, 3.8) is 0 Å². The molecule has 176 valence electrons. The lowest BCUT2D eigenvalue weighted by Crippen LogP contribution is -2.07. The number of rotatable bonds is 12. The Morgan fingerprint density at radius 2 is 1.82 bits per heavy atom. The Bertz CT molecular complexity index is 1240. The molecule has 3 heterocycles. The van der Waals surface area contributed by atoms with Crippen LogP contribution in [0.15, 0.2) is 30.5 Å². The lowest BCUT2D eigenvalue weighted by Gasteiger charge is -2.09. The Morgan fingerprint density at radius 1 is 1.00 bits per heavy atom. The summed E-state index contributed by atoms with van der Waals surface area (Å²) in [7, 11) is 0. The molecule has 0 unspecified atom stereocenters. The Kier molecular flexibility index (Phi) is 7.60. The minimum absolute atomic E-state index is 0.213. The largest absolute Gasteiger partial charge is 0.424 e. The molecule has 0 aliphatic rings. The standard InChI is InChI=1S/C26H34N4O3/c1-4-7-14-22-28-25-24(26-27-19-12-9-10-13-20(19)30(22)26)21(33-23(31)15-8-5-2)18-29(25)16-11-17-32-6-3/h9-10,12-13,18H,4-8,11,14-17H2,1-3H3. The molecule has 0 saturated heterocycles. The van der Waals surface area contributed by atoms with Crippen molar-refractivity contribution in [1.29, 1.82) is 0 Å². The zero-order valence-electron chi connectivity index (χ0n) is 20.0. The maximum atomic E-state index is 12.5. The number of benzene rings is 1. The fourth-order valence-corrected chi connectivity index (χ4v) is 4.21. The van der Waals surface area contributed by atoms with Gasteiger partial charge in [-0.1, -0.05) is 38.8 Å². The number of aryl methyl sites for hydroxylation is 2. The molecular weight excluding hydrogens is 416 g/mol. The first kappa shape index (κ1) is 23.2. The predicted octanol–water partition coefficient (Wildman–Crippen LogP) is 5.70. The van der Waals surface area contributed by atoms with Gasteiger partial charge >= 0.3 is 5.97 Å². The fourth-order valence-electron chi connectivity index (χ4n) is 4.21. The number of fused-ring (bicyclic) bond motifs is 5. The molecule has 4 rings (SSSR count). The van der Waals surface area contributed by atoms with Gasteiger partial charge in [0.15, 0.2) is 11.4 Å². The summed E-state index contributed by atoms with van der Waals surface area (Å²) in [5.74, 6) is 1.31. The minimum atomic E-state index is -0.213. The fraction of sp³-hybridized carbons (Fsp3) is 0.500. The monoisotopic (exact) mass is 450 g/mol. The molecule has 1 aromatic carbocycles. The van der Waals surface area contributed by atoms with E-state index < -0.39 is 0 Å². The van der Waals surface area contributed by atoms with Crippen molar-refractivity contribution in [1.82, 2.24) is 18.9 Å². The number of hydrogen-bond donors (Lipinski definition) is 0. The first-order chi connectivity index (χ1) is 16.2. The summed E-state index contributed by atoms with van der Waals surface area (Å²) >= 11 is 0. The van der Waals surface area contributed by atoms with Gasteiger partial charge in [0.25, 0.3) is 0 Å². The molecule has 0 aliphatic heterocycles. The summed E-state index contributed by atoms with van der Waals surface area (Å²) in [6.45, 7) is 8.37. The van der Waals surface area contributed by atoms with Crippen molar-refractivity contribution in [3.05, 3.63) is 36.3 Å². The first-order valence-corrected chi connectivity index (χ1v) is 12.2. The van der Waals surface area contributed by atoms with Gasteiger partial charge in [-0.15, -0.1) is 0 Å². The number of carbonyl (C=O) groups excluding carboxylic acids is 1. The van der Waals surface area contributed by atoms with Crippen LogP contribution in [-0.2, 0) is 22.5 Å². The Balaban J connectivity index is 1.89. The number of nitrogens with zero attached hydrogens (tertiary/aromatic N) is 4. The molecule has 0 atom stereocenters. The van der Waals surface area contributed by atoms with Crippen LogP contribution < -0.4 is 4.74 Å². The van der Waals surface area contributed by atoms with E-state index in [1.54, 1.807) is 0 Å². The third-order valence-electron chi connectivity index (χ3n) is 5.90. The molecule has 7 nitrogen and oxygen atoms in total. The predicted molar refractivity (Wildman–Crippen MR) is 131 cm³/mol. The molecule has 0 radical (unpaired) electrons. The maximum absolute atomic E-state index is 12.5. The molecule has 33 heavy (non-hydrogen) atoms. The van der Waals surface area contributed by atoms with E-state index in [1.165, 1.54) is 0 Å². The van der Waals surface area contributed by atoms with Gasteiger partial charge in [0.1, 0.15) is 16.9 Å². The second-order valence-corrected chi connectivity index (χ2v) is 8.40. The van der Waals surface area contributed by atoms with E-state index in [4.69, 9.17) is 19.4 Å². The van der Waals surface area contributed by atoms with E-state index in [0.717, 1.165) is 78.6 Å². The lowest BCUT2D eigenvalue weighted by atomic mass is 10.2. The molecule has 0 N–H and O–H groups in total. The zero-order valence-corrected chi connectivity index (χ0v) is 20.0. The minimum Gasteiger partial charge on any atom is -0.424 e. The second-order valence-electron chi connectivity index (χ2n) is 8.40. The highest BCUT2D eigenvalue weighted by Gasteiger charge is 2.22. The summed E-state index contributed by atoms with van der Waals surface area (Å²) in [6.07, 6.45) is 7.93. The Hall–Kier alpha value is -2.93. The molecular formula is C26H34N4O3. The summed E-state index contributed by atoms with van der Waals surface area (Å²) in [5, 5.41) is 0.799. The van der Waals surface area contributed by atoms with Gasteiger partial charge in [0, 0.05) is 38.8 Å². The van der Waals surface area contributed by atoms with E-state index >= 15 is 0 Å². The highest BCUT2D eigenvalue weighted by atomic mass is 16.5. The Labute approximate surface area is 194 Å². The van der Waals surface area contributed by atoms with Crippen molar-refractivity contribution in [3.8, 4) is 5.75 Å². The SMILES string of the molecule is CCCCC(=O)Oc1cn(CCCOCC)c2nc(CCCC)n3c4ccccc4nc3c12. The topological polar surface area (TPSA) is 70.7 Å². The van der Waals surface area contributed by atoms with Crippen LogP contribution in [0.2, 0.25) is 0 Å². The number of unbranched alkanes of at least 4 members (excludes halogenated alkanes) is 2. The summed E-state index contributed by atoms with van der Waals surface area (Å²) < 4.78 is 15.6. The number of esters is 1. The smallest absolute Gasteiger partial charge is 0.311 e. The number of ether oxygens (including phenoxy) is 2. The molecule has 3 aromatic heterocycles. The quantitative estimate of drug-likeness (QED) is 0.204. The average molecular weight is 451 g/mol. The summed E-state index contributed by atoms with van der Waals surface area (Å²) in [5.41, 5.74) is 3.56. The van der Waals surface area contributed by atoms with Crippen molar-refractivity contribution in [2.45, 2.75) is 72.3 Å². The highest BCUT2D eigenvalue weighted by Crippen LogP contribution is 2.34. The highest BCUT2D eigenvalue weighted by molar-refractivity contribution is 6.00. The van der Waals surface area contributed by atoms with Crippen LogP contribution in [0.1, 0.15) is 65.1 Å².